The Balaban J connectivity index is 3.32. The number of nitriles is 1. The van der Waals surface area contributed by atoms with Crippen LogP contribution in [0, 0.1) is 18.4 Å². The Morgan fingerprint density at radius 2 is 1.93 bits per heavy atom. The fourth-order valence-corrected chi connectivity index (χ4v) is 1.47. The molecule has 80 valence electrons. The van der Waals surface area contributed by atoms with Crippen molar-refractivity contribution in [1.29, 1.82) is 5.26 Å². The maximum atomic E-state index is 8.85. The van der Waals surface area contributed by atoms with Gasteiger partial charge in [-0.25, -0.2) is 0 Å². The summed E-state index contributed by atoms with van der Waals surface area (Å²) in [5.41, 5.74) is 1.70. The number of rotatable bonds is 3. The molecule has 1 aromatic rings. The molecule has 0 spiro atoms. The van der Waals surface area contributed by atoms with Crippen molar-refractivity contribution >= 4 is 5.69 Å². The molecule has 0 saturated heterocycles. The summed E-state index contributed by atoms with van der Waals surface area (Å²) in [5.74, 6) is 1.36. The molecular formula is C11H14N2O2. The highest BCUT2D eigenvalue weighted by atomic mass is 16.5. The SMILES string of the molecule is COc1cc(C)c(N(C)C#N)c(OC)c1. The van der Waals surface area contributed by atoms with Gasteiger partial charge in [-0.1, -0.05) is 0 Å². The topological polar surface area (TPSA) is 45.5 Å². The van der Waals surface area contributed by atoms with E-state index in [0.29, 0.717) is 5.75 Å². The normalized spacial score (nSPS) is 9.27. The van der Waals surface area contributed by atoms with E-state index in [1.165, 1.54) is 4.90 Å². The maximum absolute atomic E-state index is 8.85. The molecule has 0 aliphatic heterocycles. The van der Waals surface area contributed by atoms with Crippen molar-refractivity contribution in [2.75, 3.05) is 26.2 Å². The Morgan fingerprint density at radius 1 is 1.27 bits per heavy atom. The lowest BCUT2D eigenvalue weighted by atomic mass is 10.1. The van der Waals surface area contributed by atoms with E-state index < -0.39 is 0 Å². The average Bonchev–Trinajstić information content (AvgIpc) is 2.26. The summed E-state index contributed by atoms with van der Waals surface area (Å²) in [5, 5.41) is 8.85. The van der Waals surface area contributed by atoms with Gasteiger partial charge < -0.3 is 9.47 Å². The van der Waals surface area contributed by atoms with Crippen LogP contribution < -0.4 is 14.4 Å². The number of nitrogens with zero attached hydrogens (tertiary/aromatic N) is 2. The summed E-state index contributed by atoms with van der Waals surface area (Å²) in [7, 11) is 4.86. The highest BCUT2D eigenvalue weighted by Crippen LogP contribution is 2.34. The fraction of sp³-hybridized carbons (Fsp3) is 0.364. The van der Waals surface area contributed by atoms with E-state index in [1.807, 2.05) is 19.2 Å². The molecule has 4 nitrogen and oxygen atoms in total. The zero-order chi connectivity index (χ0) is 11.4. The zero-order valence-corrected chi connectivity index (χ0v) is 9.37. The first-order chi connectivity index (χ1) is 7.13. The predicted octanol–water partition coefficient (Wildman–Crippen LogP) is 1.93. The second kappa shape index (κ2) is 4.56. The minimum atomic E-state index is 0.635. The zero-order valence-electron chi connectivity index (χ0n) is 9.37. The van der Waals surface area contributed by atoms with Gasteiger partial charge in [0, 0.05) is 13.1 Å². The minimum absolute atomic E-state index is 0.635. The Bertz CT molecular complexity index is 396. The molecule has 0 aromatic heterocycles. The fourth-order valence-electron chi connectivity index (χ4n) is 1.47. The van der Waals surface area contributed by atoms with Crippen molar-refractivity contribution in [2.24, 2.45) is 0 Å². The minimum Gasteiger partial charge on any atom is -0.497 e. The standard InChI is InChI=1S/C11H14N2O2/c1-8-5-9(14-3)6-10(15-4)11(8)13(2)7-12/h5-6H,1-4H3. The van der Waals surface area contributed by atoms with Gasteiger partial charge >= 0.3 is 0 Å². The van der Waals surface area contributed by atoms with Crippen LogP contribution in [-0.2, 0) is 0 Å². The molecule has 0 aliphatic rings. The third-order valence-corrected chi connectivity index (χ3v) is 2.18. The van der Waals surface area contributed by atoms with Crippen LogP contribution in [0.15, 0.2) is 12.1 Å². The third-order valence-electron chi connectivity index (χ3n) is 2.18. The van der Waals surface area contributed by atoms with E-state index in [1.54, 1.807) is 27.3 Å². The van der Waals surface area contributed by atoms with Gasteiger partial charge in [0.2, 0.25) is 0 Å². The molecule has 0 radical (unpaired) electrons. The number of benzene rings is 1. The second-order valence-electron chi connectivity index (χ2n) is 3.15. The van der Waals surface area contributed by atoms with E-state index in [9.17, 15) is 0 Å². The van der Waals surface area contributed by atoms with Crippen LogP contribution >= 0.6 is 0 Å². The number of anilines is 1. The van der Waals surface area contributed by atoms with Crippen molar-refractivity contribution < 1.29 is 9.47 Å². The molecule has 0 aliphatic carbocycles. The van der Waals surface area contributed by atoms with E-state index in [4.69, 9.17) is 14.7 Å². The first-order valence-electron chi connectivity index (χ1n) is 4.50. The molecule has 0 saturated carbocycles. The molecule has 0 atom stereocenters. The van der Waals surface area contributed by atoms with Gasteiger partial charge in [0.1, 0.15) is 11.5 Å². The Morgan fingerprint density at radius 3 is 2.40 bits per heavy atom. The Labute approximate surface area is 89.6 Å². The second-order valence-corrected chi connectivity index (χ2v) is 3.15. The summed E-state index contributed by atoms with van der Waals surface area (Å²) in [6, 6.07) is 3.63. The average molecular weight is 206 g/mol. The van der Waals surface area contributed by atoms with Crippen LogP contribution in [0.3, 0.4) is 0 Å². The van der Waals surface area contributed by atoms with Crippen LogP contribution in [0.5, 0.6) is 11.5 Å². The number of aryl methyl sites for hydroxylation is 1. The Hall–Kier alpha value is -1.89. The first-order valence-corrected chi connectivity index (χ1v) is 4.50. The molecule has 4 heteroatoms. The van der Waals surface area contributed by atoms with Gasteiger partial charge in [-0.05, 0) is 18.6 Å². The van der Waals surface area contributed by atoms with Crippen LogP contribution in [-0.4, -0.2) is 21.3 Å². The van der Waals surface area contributed by atoms with E-state index in [-0.39, 0.29) is 0 Å². The molecule has 15 heavy (non-hydrogen) atoms. The summed E-state index contributed by atoms with van der Waals surface area (Å²) in [6.45, 7) is 1.91. The largest absolute Gasteiger partial charge is 0.497 e. The molecule has 1 rings (SSSR count). The highest BCUT2D eigenvalue weighted by molar-refractivity contribution is 5.67. The molecule has 0 bridgehead atoms. The smallest absolute Gasteiger partial charge is 0.184 e. The van der Waals surface area contributed by atoms with Gasteiger partial charge in [0.15, 0.2) is 6.19 Å². The van der Waals surface area contributed by atoms with Gasteiger partial charge in [0.25, 0.3) is 0 Å². The molecule has 1 aromatic carbocycles. The van der Waals surface area contributed by atoms with Crippen molar-refractivity contribution in [1.82, 2.24) is 0 Å². The lowest BCUT2D eigenvalue weighted by molar-refractivity contribution is 0.394. The molecule has 0 amide bonds. The van der Waals surface area contributed by atoms with Crippen LogP contribution in [0.2, 0.25) is 0 Å². The summed E-state index contributed by atoms with van der Waals surface area (Å²) < 4.78 is 10.3. The van der Waals surface area contributed by atoms with Gasteiger partial charge in [-0.2, -0.15) is 5.26 Å². The van der Waals surface area contributed by atoms with E-state index in [0.717, 1.165) is 17.0 Å². The number of methoxy groups -OCH3 is 2. The Kier molecular flexibility index (Phi) is 3.40. The molecule has 0 unspecified atom stereocenters. The van der Waals surface area contributed by atoms with Gasteiger partial charge in [0.05, 0.1) is 19.9 Å². The van der Waals surface area contributed by atoms with E-state index >= 15 is 0 Å². The highest BCUT2D eigenvalue weighted by Gasteiger charge is 2.12. The monoisotopic (exact) mass is 206 g/mol. The molecular weight excluding hydrogens is 192 g/mol. The maximum Gasteiger partial charge on any atom is 0.184 e. The molecule has 0 heterocycles. The lowest BCUT2D eigenvalue weighted by Crippen LogP contribution is -2.11. The molecule has 0 fully saturated rings. The van der Waals surface area contributed by atoms with Gasteiger partial charge in [-0.3, -0.25) is 4.90 Å². The van der Waals surface area contributed by atoms with Crippen molar-refractivity contribution in [3.8, 4) is 17.7 Å². The summed E-state index contributed by atoms with van der Waals surface area (Å²) in [4.78, 5) is 1.47. The van der Waals surface area contributed by atoms with Crippen molar-refractivity contribution in [3.05, 3.63) is 17.7 Å². The summed E-state index contributed by atoms with van der Waals surface area (Å²) in [6.07, 6.45) is 2.05. The molecule has 0 N–H and O–H groups in total. The lowest BCUT2D eigenvalue weighted by Gasteiger charge is -2.17. The predicted molar refractivity (Wildman–Crippen MR) is 58.3 cm³/mol. The quantitative estimate of drug-likeness (QED) is 0.560. The number of ether oxygens (including phenoxy) is 2. The van der Waals surface area contributed by atoms with Crippen molar-refractivity contribution in [3.63, 3.8) is 0 Å². The number of hydrogen-bond donors (Lipinski definition) is 0. The third kappa shape index (κ3) is 2.13. The van der Waals surface area contributed by atoms with Gasteiger partial charge in [-0.15, -0.1) is 0 Å². The van der Waals surface area contributed by atoms with Crippen LogP contribution in [0.25, 0.3) is 0 Å². The van der Waals surface area contributed by atoms with Crippen LogP contribution in [0.4, 0.5) is 5.69 Å². The van der Waals surface area contributed by atoms with Crippen LogP contribution in [0.1, 0.15) is 5.56 Å². The van der Waals surface area contributed by atoms with Crippen molar-refractivity contribution in [2.45, 2.75) is 6.92 Å². The first kappa shape index (κ1) is 11.2. The number of hydrogen-bond acceptors (Lipinski definition) is 4. The van der Waals surface area contributed by atoms with E-state index in [2.05, 4.69) is 0 Å². The summed E-state index contributed by atoms with van der Waals surface area (Å²) >= 11 is 0.